The molecule has 0 fully saturated rings. The number of rotatable bonds is 5. The van der Waals surface area contributed by atoms with Gasteiger partial charge in [0.2, 0.25) is 0 Å². The van der Waals surface area contributed by atoms with E-state index in [-0.39, 0.29) is 12.0 Å². The number of esters is 1. The van der Waals surface area contributed by atoms with Gasteiger partial charge in [-0.25, -0.2) is 9.59 Å². The topological polar surface area (TPSA) is 67.4 Å². The van der Waals surface area contributed by atoms with Crippen LogP contribution in [0.4, 0.5) is 10.5 Å². The van der Waals surface area contributed by atoms with Gasteiger partial charge in [0.15, 0.2) is 0 Å². The Labute approximate surface area is 135 Å². The van der Waals surface area contributed by atoms with Gasteiger partial charge in [0.05, 0.1) is 12.2 Å². The van der Waals surface area contributed by atoms with Crippen LogP contribution in [0, 0.1) is 6.92 Å². The molecule has 0 heterocycles. The molecule has 0 aromatic heterocycles. The third-order valence-electron chi connectivity index (χ3n) is 3.23. The van der Waals surface area contributed by atoms with Crippen molar-refractivity contribution >= 4 is 17.7 Å². The summed E-state index contributed by atoms with van der Waals surface area (Å²) in [4.78, 5) is 23.4. The molecule has 120 valence electrons. The highest BCUT2D eigenvalue weighted by atomic mass is 16.5. The molecule has 2 amide bonds. The van der Waals surface area contributed by atoms with Gasteiger partial charge in [-0.15, -0.1) is 0 Å². The number of benzene rings is 2. The van der Waals surface area contributed by atoms with Crippen LogP contribution in [0.1, 0.15) is 28.4 Å². The Bertz CT molecular complexity index is 664. The molecule has 0 aliphatic rings. The van der Waals surface area contributed by atoms with E-state index in [2.05, 4.69) is 10.6 Å². The molecule has 0 radical (unpaired) electrons. The standard InChI is InChI=1S/C18H20N2O3/c1-3-23-17(21)15-8-6-14(7-9-15)12-19-18(22)20-16-10-4-13(2)5-11-16/h4-11H,3,12H2,1-2H3,(H2,19,20,22). The number of nitrogens with one attached hydrogen (secondary N) is 2. The van der Waals surface area contributed by atoms with E-state index in [1.54, 1.807) is 31.2 Å². The predicted molar refractivity (Wildman–Crippen MR) is 89.4 cm³/mol. The van der Waals surface area contributed by atoms with E-state index in [1.807, 2.05) is 31.2 Å². The summed E-state index contributed by atoms with van der Waals surface area (Å²) in [5, 5.41) is 5.53. The van der Waals surface area contributed by atoms with Gasteiger partial charge >= 0.3 is 12.0 Å². The molecule has 2 rings (SSSR count). The first-order valence-corrected chi connectivity index (χ1v) is 7.46. The van der Waals surface area contributed by atoms with E-state index in [1.165, 1.54) is 0 Å². The Balaban J connectivity index is 1.84. The molecule has 0 aliphatic carbocycles. The number of urea groups is 1. The molecule has 2 N–H and O–H groups in total. The molecular formula is C18H20N2O3. The molecule has 0 saturated heterocycles. The lowest BCUT2D eigenvalue weighted by Gasteiger charge is -2.08. The van der Waals surface area contributed by atoms with Crippen LogP contribution in [0.15, 0.2) is 48.5 Å². The van der Waals surface area contributed by atoms with Crippen LogP contribution < -0.4 is 10.6 Å². The smallest absolute Gasteiger partial charge is 0.338 e. The monoisotopic (exact) mass is 312 g/mol. The molecule has 0 unspecified atom stereocenters. The van der Waals surface area contributed by atoms with Gasteiger partial charge in [-0.1, -0.05) is 29.8 Å². The van der Waals surface area contributed by atoms with Crippen molar-refractivity contribution in [3.8, 4) is 0 Å². The Kier molecular flexibility index (Phi) is 5.74. The van der Waals surface area contributed by atoms with Crippen molar-refractivity contribution in [2.75, 3.05) is 11.9 Å². The molecule has 5 nitrogen and oxygen atoms in total. The lowest BCUT2D eigenvalue weighted by molar-refractivity contribution is 0.0526. The first kappa shape index (κ1) is 16.5. The SMILES string of the molecule is CCOC(=O)c1ccc(CNC(=O)Nc2ccc(C)cc2)cc1. The first-order chi connectivity index (χ1) is 11.1. The Hall–Kier alpha value is -2.82. The number of anilines is 1. The number of aryl methyl sites for hydroxylation is 1. The molecule has 2 aromatic carbocycles. The number of ether oxygens (including phenoxy) is 1. The number of carbonyl (C=O) groups is 2. The van der Waals surface area contributed by atoms with Crippen LogP contribution in [-0.4, -0.2) is 18.6 Å². The van der Waals surface area contributed by atoms with Crippen LogP contribution in [0.25, 0.3) is 0 Å². The predicted octanol–water partition coefficient (Wildman–Crippen LogP) is 3.49. The highest BCUT2D eigenvalue weighted by molar-refractivity contribution is 5.90. The molecule has 5 heteroatoms. The van der Waals surface area contributed by atoms with Crippen LogP contribution in [0.3, 0.4) is 0 Å². The summed E-state index contributed by atoms with van der Waals surface area (Å²) < 4.78 is 4.92. The minimum atomic E-state index is -0.343. The van der Waals surface area contributed by atoms with Gasteiger partial charge in [0.1, 0.15) is 0 Å². The van der Waals surface area contributed by atoms with E-state index in [9.17, 15) is 9.59 Å². The normalized spacial score (nSPS) is 10.0. The third-order valence-corrected chi connectivity index (χ3v) is 3.23. The molecule has 2 aromatic rings. The molecule has 0 spiro atoms. The summed E-state index contributed by atoms with van der Waals surface area (Å²) in [5.41, 5.74) is 3.28. The fourth-order valence-electron chi connectivity index (χ4n) is 1.97. The van der Waals surface area contributed by atoms with E-state index in [4.69, 9.17) is 4.74 Å². The van der Waals surface area contributed by atoms with Crippen molar-refractivity contribution in [2.45, 2.75) is 20.4 Å². The summed E-state index contributed by atoms with van der Waals surface area (Å²) >= 11 is 0. The zero-order valence-corrected chi connectivity index (χ0v) is 13.3. The second kappa shape index (κ2) is 7.98. The van der Waals surface area contributed by atoms with Crippen LogP contribution in [-0.2, 0) is 11.3 Å². The molecule has 0 aliphatic heterocycles. The van der Waals surface area contributed by atoms with Crippen molar-refractivity contribution < 1.29 is 14.3 Å². The Morgan fingerprint density at radius 1 is 1.00 bits per heavy atom. The van der Waals surface area contributed by atoms with Gasteiger partial charge in [-0.2, -0.15) is 0 Å². The van der Waals surface area contributed by atoms with Crippen molar-refractivity contribution in [3.05, 3.63) is 65.2 Å². The Morgan fingerprint density at radius 2 is 1.65 bits per heavy atom. The highest BCUT2D eigenvalue weighted by Gasteiger charge is 2.06. The summed E-state index contributed by atoms with van der Waals surface area (Å²) in [6, 6.07) is 14.2. The van der Waals surface area contributed by atoms with Crippen molar-refractivity contribution in [3.63, 3.8) is 0 Å². The highest BCUT2D eigenvalue weighted by Crippen LogP contribution is 2.09. The second-order valence-corrected chi connectivity index (χ2v) is 5.09. The minimum absolute atomic E-state index is 0.275. The van der Waals surface area contributed by atoms with Gasteiger partial charge in [0, 0.05) is 12.2 Å². The largest absolute Gasteiger partial charge is 0.462 e. The van der Waals surface area contributed by atoms with Crippen LogP contribution in [0.5, 0.6) is 0 Å². The molecule has 23 heavy (non-hydrogen) atoms. The summed E-state index contributed by atoms with van der Waals surface area (Å²) in [6.07, 6.45) is 0. The fraction of sp³-hybridized carbons (Fsp3) is 0.222. The number of hydrogen-bond acceptors (Lipinski definition) is 3. The maximum absolute atomic E-state index is 11.8. The number of carbonyl (C=O) groups excluding carboxylic acids is 2. The molecule has 0 atom stereocenters. The van der Waals surface area contributed by atoms with E-state index in [0.29, 0.717) is 18.7 Å². The minimum Gasteiger partial charge on any atom is -0.462 e. The summed E-state index contributed by atoms with van der Waals surface area (Å²) in [6.45, 7) is 4.48. The Morgan fingerprint density at radius 3 is 2.26 bits per heavy atom. The maximum Gasteiger partial charge on any atom is 0.338 e. The molecule has 0 saturated carbocycles. The average Bonchev–Trinajstić information content (AvgIpc) is 2.56. The van der Waals surface area contributed by atoms with E-state index in [0.717, 1.165) is 16.8 Å². The third kappa shape index (κ3) is 5.14. The molecule has 0 bridgehead atoms. The van der Waals surface area contributed by atoms with Crippen molar-refractivity contribution in [1.29, 1.82) is 0 Å². The zero-order chi connectivity index (χ0) is 16.7. The summed E-state index contributed by atoms with van der Waals surface area (Å²) in [5.74, 6) is -0.343. The quantitative estimate of drug-likeness (QED) is 0.830. The van der Waals surface area contributed by atoms with Crippen LogP contribution >= 0.6 is 0 Å². The van der Waals surface area contributed by atoms with Gasteiger partial charge in [0.25, 0.3) is 0 Å². The van der Waals surface area contributed by atoms with E-state index >= 15 is 0 Å². The van der Waals surface area contributed by atoms with Gasteiger partial charge < -0.3 is 15.4 Å². The van der Waals surface area contributed by atoms with E-state index < -0.39 is 0 Å². The second-order valence-electron chi connectivity index (χ2n) is 5.09. The van der Waals surface area contributed by atoms with Crippen LogP contribution in [0.2, 0.25) is 0 Å². The van der Waals surface area contributed by atoms with Crippen molar-refractivity contribution in [1.82, 2.24) is 5.32 Å². The molecular weight excluding hydrogens is 292 g/mol. The number of amides is 2. The number of hydrogen-bond donors (Lipinski definition) is 2. The average molecular weight is 312 g/mol. The van der Waals surface area contributed by atoms with Gasteiger partial charge in [-0.3, -0.25) is 0 Å². The lowest BCUT2D eigenvalue weighted by Crippen LogP contribution is -2.28. The zero-order valence-electron chi connectivity index (χ0n) is 13.3. The van der Waals surface area contributed by atoms with Gasteiger partial charge in [-0.05, 0) is 43.7 Å². The lowest BCUT2D eigenvalue weighted by atomic mass is 10.1. The van der Waals surface area contributed by atoms with Crippen molar-refractivity contribution in [2.24, 2.45) is 0 Å². The fourth-order valence-corrected chi connectivity index (χ4v) is 1.97. The summed E-state index contributed by atoms with van der Waals surface area (Å²) in [7, 11) is 0. The first-order valence-electron chi connectivity index (χ1n) is 7.46. The maximum atomic E-state index is 11.8.